The molecule has 4 rings (SSSR count). The maximum absolute atomic E-state index is 14.8. The fraction of sp³-hybridized carbons (Fsp3) is 0.450. The summed E-state index contributed by atoms with van der Waals surface area (Å²) in [6.45, 7) is 6.88. The molecular weight excluding hydrogens is 317 g/mol. The molecule has 1 amide bonds. The molecule has 0 saturated heterocycles. The van der Waals surface area contributed by atoms with Crippen molar-refractivity contribution in [1.29, 1.82) is 0 Å². The average molecular weight is 341 g/mol. The van der Waals surface area contributed by atoms with Gasteiger partial charge in [-0.05, 0) is 44.7 Å². The first-order valence-electron chi connectivity index (χ1n) is 9.03. The van der Waals surface area contributed by atoms with E-state index in [0.717, 1.165) is 23.0 Å². The van der Waals surface area contributed by atoms with Crippen molar-refractivity contribution >= 4 is 22.4 Å². The third-order valence-corrected chi connectivity index (χ3v) is 5.69. The summed E-state index contributed by atoms with van der Waals surface area (Å²) in [4.78, 5) is 16.9. The maximum Gasteiger partial charge on any atom is 0.230 e. The molecule has 2 atom stereocenters. The van der Waals surface area contributed by atoms with Crippen LogP contribution >= 0.6 is 0 Å². The predicted molar refractivity (Wildman–Crippen MR) is 97.7 cm³/mol. The Hall–Kier alpha value is -2.14. The van der Waals surface area contributed by atoms with Crippen molar-refractivity contribution in [2.24, 2.45) is 5.92 Å². The van der Waals surface area contributed by atoms with Gasteiger partial charge in [0.1, 0.15) is 5.82 Å². The van der Waals surface area contributed by atoms with Crippen molar-refractivity contribution < 1.29 is 9.18 Å². The molecule has 5 heteroatoms. The highest BCUT2D eigenvalue weighted by atomic mass is 19.1. The number of fused-ring (bicyclic) bond motifs is 2. The number of nitrogens with zero attached hydrogens (tertiary/aromatic N) is 3. The van der Waals surface area contributed by atoms with Gasteiger partial charge >= 0.3 is 0 Å². The molecule has 1 aromatic carbocycles. The van der Waals surface area contributed by atoms with Gasteiger partial charge in [0.2, 0.25) is 5.91 Å². The summed E-state index contributed by atoms with van der Waals surface area (Å²) >= 11 is 0. The van der Waals surface area contributed by atoms with Gasteiger partial charge in [-0.3, -0.25) is 9.69 Å². The smallest absolute Gasteiger partial charge is 0.230 e. The normalized spacial score (nSPS) is 22.6. The van der Waals surface area contributed by atoms with Crippen LogP contribution in [0.1, 0.15) is 19.4 Å². The number of halogens is 1. The SMILES string of the molecule is CCN(CC)C(=O)[C@H]1C=C2c3c(F)ccc4ccn(c34)C[C@@H]2N(C)C1. The van der Waals surface area contributed by atoms with Gasteiger partial charge in [-0.2, -0.15) is 0 Å². The summed E-state index contributed by atoms with van der Waals surface area (Å²) in [6.07, 6.45) is 4.06. The summed E-state index contributed by atoms with van der Waals surface area (Å²) in [7, 11) is 2.03. The van der Waals surface area contributed by atoms with E-state index in [9.17, 15) is 9.18 Å². The summed E-state index contributed by atoms with van der Waals surface area (Å²) in [5.74, 6) is -0.281. The lowest BCUT2D eigenvalue weighted by atomic mass is 9.85. The third kappa shape index (κ3) is 2.41. The molecule has 4 nitrogen and oxygen atoms in total. The standard InChI is InChI=1S/C20H24FN3O/c1-4-23(5-2)20(25)14-10-15-17(22(3)11-14)12-24-9-8-13-6-7-16(21)18(15)19(13)24/h6-10,14,17H,4-5,11-12H2,1-3H3/t14-,17-/m0/s1. The first-order valence-corrected chi connectivity index (χ1v) is 9.03. The number of hydrogen-bond donors (Lipinski definition) is 0. The van der Waals surface area contributed by atoms with Crippen LogP contribution in [0.15, 0.2) is 30.5 Å². The molecule has 0 fully saturated rings. The zero-order chi connectivity index (χ0) is 17.7. The summed E-state index contributed by atoms with van der Waals surface area (Å²) in [5, 5.41) is 1.05. The van der Waals surface area contributed by atoms with Crippen molar-refractivity contribution in [2.75, 3.05) is 26.7 Å². The number of rotatable bonds is 3. The van der Waals surface area contributed by atoms with Gasteiger partial charge in [-0.1, -0.05) is 6.08 Å². The topological polar surface area (TPSA) is 28.5 Å². The van der Waals surface area contributed by atoms with Crippen molar-refractivity contribution in [3.8, 4) is 0 Å². The van der Waals surface area contributed by atoms with Crippen LogP contribution in [-0.4, -0.2) is 53.0 Å². The number of hydrogen-bond acceptors (Lipinski definition) is 2. The van der Waals surface area contributed by atoms with Gasteiger partial charge in [0.15, 0.2) is 0 Å². The molecule has 0 saturated carbocycles. The Labute approximate surface area is 147 Å². The first kappa shape index (κ1) is 16.3. The second-order valence-electron chi connectivity index (χ2n) is 7.02. The van der Waals surface area contributed by atoms with E-state index in [2.05, 4.69) is 9.47 Å². The predicted octanol–water partition coefficient (Wildman–Crippen LogP) is 2.98. The van der Waals surface area contributed by atoms with Crippen molar-refractivity contribution in [3.05, 3.63) is 41.9 Å². The molecule has 0 spiro atoms. The molecule has 132 valence electrons. The molecule has 25 heavy (non-hydrogen) atoms. The van der Waals surface area contributed by atoms with Crippen LogP contribution in [0.5, 0.6) is 0 Å². The Kier molecular flexibility index (Phi) is 3.91. The molecule has 0 N–H and O–H groups in total. The minimum atomic E-state index is -0.215. The highest BCUT2D eigenvalue weighted by Crippen LogP contribution is 2.40. The van der Waals surface area contributed by atoms with Crippen molar-refractivity contribution in [2.45, 2.75) is 26.4 Å². The lowest BCUT2D eigenvalue weighted by Gasteiger charge is -2.41. The van der Waals surface area contributed by atoms with Crippen LogP contribution in [0.4, 0.5) is 4.39 Å². The number of aromatic nitrogens is 1. The molecule has 3 heterocycles. The van der Waals surface area contributed by atoms with Crippen LogP contribution in [0, 0.1) is 11.7 Å². The van der Waals surface area contributed by atoms with Gasteiger partial charge < -0.3 is 9.47 Å². The second-order valence-corrected chi connectivity index (χ2v) is 7.02. The summed E-state index contributed by atoms with van der Waals surface area (Å²) < 4.78 is 16.9. The molecular formula is C20H24FN3O. The van der Waals surface area contributed by atoms with Crippen molar-refractivity contribution in [1.82, 2.24) is 14.4 Å². The van der Waals surface area contributed by atoms with E-state index in [-0.39, 0.29) is 23.7 Å². The van der Waals surface area contributed by atoms with Gasteiger partial charge in [-0.25, -0.2) is 4.39 Å². The summed E-state index contributed by atoms with van der Waals surface area (Å²) in [6, 6.07) is 5.52. The average Bonchev–Trinajstić information content (AvgIpc) is 3.02. The van der Waals surface area contributed by atoms with E-state index in [1.807, 2.05) is 50.2 Å². The molecule has 1 aromatic heterocycles. The Balaban J connectivity index is 1.85. The molecule has 0 radical (unpaired) electrons. The highest BCUT2D eigenvalue weighted by Gasteiger charge is 2.37. The van der Waals surface area contributed by atoms with E-state index >= 15 is 0 Å². The number of carbonyl (C=O) groups excluding carboxylic acids is 1. The molecule has 2 aliphatic rings. The van der Waals surface area contributed by atoms with Gasteiger partial charge in [0, 0.05) is 43.3 Å². The quantitative estimate of drug-likeness (QED) is 0.859. The Bertz CT molecular complexity index is 865. The lowest BCUT2D eigenvalue weighted by Crippen LogP contribution is -2.48. The monoisotopic (exact) mass is 341 g/mol. The number of likely N-dealkylation sites (N-methyl/N-ethyl adjacent to an activating group) is 1. The summed E-state index contributed by atoms with van der Waals surface area (Å²) in [5.41, 5.74) is 2.59. The van der Waals surface area contributed by atoms with E-state index in [1.54, 1.807) is 6.07 Å². The minimum Gasteiger partial charge on any atom is -0.345 e. The Morgan fingerprint density at radius 3 is 2.72 bits per heavy atom. The third-order valence-electron chi connectivity index (χ3n) is 5.69. The number of amides is 1. The van der Waals surface area contributed by atoms with Gasteiger partial charge in [-0.15, -0.1) is 0 Å². The fourth-order valence-corrected chi connectivity index (χ4v) is 4.35. The second kappa shape index (κ2) is 5.99. The zero-order valence-corrected chi connectivity index (χ0v) is 15.0. The highest BCUT2D eigenvalue weighted by molar-refractivity contribution is 5.96. The van der Waals surface area contributed by atoms with E-state index < -0.39 is 0 Å². The fourth-order valence-electron chi connectivity index (χ4n) is 4.35. The first-order chi connectivity index (χ1) is 12.0. The van der Waals surface area contributed by atoms with E-state index in [4.69, 9.17) is 0 Å². The zero-order valence-electron chi connectivity index (χ0n) is 15.0. The van der Waals surface area contributed by atoms with Crippen LogP contribution < -0.4 is 0 Å². The van der Waals surface area contributed by atoms with Crippen LogP contribution in [0.25, 0.3) is 16.5 Å². The van der Waals surface area contributed by atoms with Crippen molar-refractivity contribution in [3.63, 3.8) is 0 Å². The number of benzene rings is 1. The Morgan fingerprint density at radius 2 is 2.00 bits per heavy atom. The van der Waals surface area contributed by atoms with Crippen LogP contribution in [0.2, 0.25) is 0 Å². The van der Waals surface area contributed by atoms with E-state index in [0.29, 0.717) is 25.2 Å². The lowest BCUT2D eigenvalue weighted by molar-refractivity contribution is -0.134. The molecule has 2 aromatic rings. The van der Waals surface area contributed by atoms with Gasteiger partial charge in [0.05, 0.1) is 17.5 Å². The largest absolute Gasteiger partial charge is 0.345 e. The minimum absolute atomic E-state index is 0.112. The van der Waals surface area contributed by atoms with Crippen LogP contribution in [0.3, 0.4) is 0 Å². The van der Waals surface area contributed by atoms with Gasteiger partial charge in [0.25, 0.3) is 0 Å². The Morgan fingerprint density at radius 1 is 1.24 bits per heavy atom. The maximum atomic E-state index is 14.8. The van der Waals surface area contributed by atoms with E-state index in [1.165, 1.54) is 0 Å². The molecule has 0 aliphatic carbocycles. The van der Waals surface area contributed by atoms with Crippen LogP contribution in [-0.2, 0) is 11.3 Å². The molecule has 2 aliphatic heterocycles. The molecule has 0 bridgehead atoms. The molecule has 0 unspecified atom stereocenters. The number of carbonyl (C=O) groups is 1.